The van der Waals surface area contributed by atoms with Crippen LogP contribution in [0.2, 0.25) is 5.02 Å². The molecule has 5 nitrogen and oxygen atoms in total. The first-order valence-corrected chi connectivity index (χ1v) is 7.65. The second-order valence-electron chi connectivity index (χ2n) is 4.13. The van der Waals surface area contributed by atoms with E-state index in [1.165, 1.54) is 22.5 Å². The molecule has 2 rings (SSSR count). The molecule has 0 spiro atoms. The van der Waals surface area contributed by atoms with Gasteiger partial charge in [0.1, 0.15) is 4.90 Å². The van der Waals surface area contributed by atoms with Crippen LogP contribution >= 0.6 is 11.6 Å². The van der Waals surface area contributed by atoms with Crippen LogP contribution in [0.3, 0.4) is 0 Å². The van der Waals surface area contributed by atoms with Gasteiger partial charge in [-0.05, 0) is 24.6 Å². The fourth-order valence-corrected chi connectivity index (χ4v) is 3.86. The molecule has 19 heavy (non-hydrogen) atoms. The summed E-state index contributed by atoms with van der Waals surface area (Å²) in [4.78, 5) is 0.0371. The smallest absolute Gasteiger partial charge is 0.244 e. The molecule has 0 atom stereocenters. The molecule has 1 aromatic carbocycles. The van der Waals surface area contributed by atoms with Crippen molar-refractivity contribution in [1.82, 2.24) is 4.31 Å². The fourth-order valence-electron chi connectivity index (χ4n) is 1.88. The highest BCUT2D eigenvalue weighted by atomic mass is 35.5. The largest absolute Gasteiger partial charge is 0.380 e. The van der Waals surface area contributed by atoms with Crippen molar-refractivity contribution in [1.29, 1.82) is 5.26 Å². The van der Waals surface area contributed by atoms with Crippen molar-refractivity contribution in [2.45, 2.75) is 11.3 Å². The average Bonchev–Trinajstić information content (AvgIpc) is 2.67. The van der Waals surface area contributed by atoms with Crippen LogP contribution in [0.1, 0.15) is 12.0 Å². The van der Waals surface area contributed by atoms with E-state index in [1.54, 1.807) is 0 Å². The molecule has 0 saturated carbocycles. The van der Waals surface area contributed by atoms with E-state index >= 15 is 0 Å². The molecule has 0 aromatic heterocycles. The summed E-state index contributed by atoms with van der Waals surface area (Å²) in [6, 6.07) is 6.12. The maximum atomic E-state index is 12.5. The van der Waals surface area contributed by atoms with Crippen molar-refractivity contribution in [3.05, 3.63) is 28.8 Å². The highest BCUT2D eigenvalue weighted by Crippen LogP contribution is 2.26. The molecule has 0 radical (unpaired) electrons. The Kier molecular flexibility index (Phi) is 4.42. The third-order valence-corrected chi connectivity index (χ3v) is 5.24. The van der Waals surface area contributed by atoms with Gasteiger partial charge in [0.25, 0.3) is 0 Å². The molecule has 1 aromatic rings. The molecule has 0 bridgehead atoms. The van der Waals surface area contributed by atoms with Crippen LogP contribution in [-0.4, -0.2) is 39.0 Å². The van der Waals surface area contributed by atoms with Crippen molar-refractivity contribution in [3.8, 4) is 6.07 Å². The Morgan fingerprint density at radius 2 is 2.11 bits per heavy atom. The van der Waals surface area contributed by atoms with E-state index < -0.39 is 10.0 Å². The van der Waals surface area contributed by atoms with Crippen molar-refractivity contribution in [2.75, 3.05) is 26.3 Å². The third kappa shape index (κ3) is 3.07. The number of halogens is 1. The number of nitriles is 1. The summed E-state index contributed by atoms with van der Waals surface area (Å²) >= 11 is 5.96. The van der Waals surface area contributed by atoms with Gasteiger partial charge in [0.2, 0.25) is 10.0 Å². The number of nitrogens with zero attached hydrogens (tertiary/aromatic N) is 2. The van der Waals surface area contributed by atoms with Crippen LogP contribution in [0.15, 0.2) is 23.1 Å². The molecule has 102 valence electrons. The lowest BCUT2D eigenvalue weighted by Gasteiger charge is -2.19. The minimum absolute atomic E-state index is 0.0371. The van der Waals surface area contributed by atoms with Crippen molar-refractivity contribution < 1.29 is 13.2 Å². The SMILES string of the molecule is N#Cc1ccc(S(=O)(=O)N2CCCOCC2)c(Cl)c1. The van der Waals surface area contributed by atoms with Crippen LogP contribution < -0.4 is 0 Å². The van der Waals surface area contributed by atoms with Gasteiger partial charge in [0.05, 0.1) is 23.3 Å². The fraction of sp³-hybridized carbons (Fsp3) is 0.417. The summed E-state index contributed by atoms with van der Waals surface area (Å²) in [5.74, 6) is 0. The molecule has 0 aliphatic carbocycles. The predicted molar refractivity (Wildman–Crippen MR) is 70.4 cm³/mol. The van der Waals surface area contributed by atoms with Gasteiger partial charge in [-0.1, -0.05) is 11.6 Å². The van der Waals surface area contributed by atoms with Crippen LogP contribution in [0, 0.1) is 11.3 Å². The lowest BCUT2D eigenvalue weighted by molar-refractivity contribution is 0.148. The number of rotatable bonds is 2. The molecule has 7 heteroatoms. The number of ether oxygens (including phenoxy) is 1. The van der Waals surface area contributed by atoms with Crippen LogP contribution in [0.5, 0.6) is 0 Å². The molecule has 1 fully saturated rings. The zero-order valence-electron chi connectivity index (χ0n) is 10.2. The minimum atomic E-state index is -3.63. The first kappa shape index (κ1) is 14.3. The Morgan fingerprint density at radius 3 is 2.79 bits per heavy atom. The lowest BCUT2D eigenvalue weighted by atomic mass is 10.2. The predicted octanol–water partition coefficient (Wildman–Crippen LogP) is 1.62. The number of benzene rings is 1. The van der Waals surface area contributed by atoms with Crippen LogP contribution in [0.25, 0.3) is 0 Å². The van der Waals surface area contributed by atoms with Crippen LogP contribution in [0.4, 0.5) is 0 Å². The van der Waals surface area contributed by atoms with Gasteiger partial charge in [0, 0.05) is 19.7 Å². The molecule has 1 aliphatic rings. The molecule has 0 N–H and O–H groups in total. The minimum Gasteiger partial charge on any atom is -0.380 e. The van der Waals surface area contributed by atoms with Crippen molar-refractivity contribution in [3.63, 3.8) is 0 Å². The van der Waals surface area contributed by atoms with E-state index in [1.807, 2.05) is 6.07 Å². The van der Waals surface area contributed by atoms with E-state index in [2.05, 4.69) is 0 Å². The number of hydrogen-bond acceptors (Lipinski definition) is 4. The topological polar surface area (TPSA) is 70.4 Å². The Hall–Kier alpha value is -1.13. The molecular formula is C12H13ClN2O3S. The second-order valence-corrected chi connectivity index (χ2v) is 6.44. The number of sulfonamides is 1. The van der Waals surface area contributed by atoms with Gasteiger partial charge in [0.15, 0.2) is 0 Å². The van der Waals surface area contributed by atoms with Gasteiger partial charge in [-0.2, -0.15) is 9.57 Å². The summed E-state index contributed by atoms with van der Waals surface area (Å²) in [5, 5.41) is 8.83. The zero-order valence-corrected chi connectivity index (χ0v) is 11.7. The summed E-state index contributed by atoms with van der Waals surface area (Å²) in [5.41, 5.74) is 0.336. The summed E-state index contributed by atoms with van der Waals surface area (Å²) < 4.78 is 31.5. The molecule has 0 unspecified atom stereocenters. The third-order valence-electron chi connectivity index (χ3n) is 2.86. The lowest BCUT2D eigenvalue weighted by Crippen LogP contribution is -2.33. The van der Waals surface area contributed by atoms with Gasteiger partial charge >= 0.3 is 0 Å². The Morgan fingerprint density at radius 1 is 1.32 bits per heavy atom. The first-order valence-electron chi connectivity index (χ1n) is 5.83. The standard InChI is InChI=1S/C12H13ClN2O3S/c13-11-8-10(9-14)2-3-12(11)19(16,17)15-4-1-6-18-7-5-15/h2-3,8H,1,4-7H2. The normalized spacial score (nSPS) is 17.7. The van der Waals surface area contributed by atoms with Gasteiger partial charge in [-0.25, -0.2) is 8.42 Å². The van der Waals surface area contributed by atoms with Crippen LogP contribution in [-0.2, 0) is 14.8 Å². The highest BCUT2D eigenvalue weighted by Gasteiger charge is 2.27. The zero-order chi connectivity index (χ0) is 13.9. The number of hydrogen-bond donors (Lipinski definition) is 0. The van der Waals surface area contributed by atoms with Gasteiger partial charge < -0.3 is 4.74 Å². The van der Waals surface area contributed by atoms with Gasteiger partial charge in [-0.15, -0.1) is 0 Å². The van der Waals surface area contributed by atoms with Gasteiger partial charge in [-0.3, -0.25) is 0 Å². The van der Waals surface area contributed by atoms with E-state index in [9.17, 15) is 8.42 Å². The monoisotopic (exact) mass is 300 g/mol. The Bertz CT molecular complexity index is 602. The molecule has 1 aliphatic heterocycles. The van der Waals surface area contributed by atoms with Crippen molar-refractivity contribution in [2.24, 2.45) is 0 Å². The van der Waals surface area contributed by atoms with Crippen molar-refractivity contribution >= 4 is 21.6 Å². The maximum absolute atomic E-state index is 12.5. The van der Waals surface area contributed by atoms with E-state index in [0.717, 1.165) is 0 Å². The Labute approximate surface area is 117 Å². The first-order chi connectivity index (χ1) is 9.05. The Balaban J connectivity index is 2.36. The quantitative estimate of drug-likeness (QED) is 0.832. The molecular weight excluding hydrogens is 288 g/mol. The summed E-state index contributed by atoms with van der Waals surface area (Å²) in [7, 11) is -3.63. The average molecular weight is 301 g/mol. The van der Waals surface area contributed by atoms with E-state index in [-0.39, 0.29) is 9.92 Å². The summed E-state index contributed by atoms with van der Waals surface area (Å²) in [6.45, 7) is 1.68. The highest BCUT2D eigenvalue weighted by molar-refractivity contribution is 7.89. The second kappa shape index (κ2) is 5.88. The molecule has 1 saturated heterocycles. The molecule has 1 heterocycles. The van der Waals surface area contributed by atoms with E-state index in [0.29, 0.717) is 38.3 Å². The summed E-state index contributed by atoms with van der Waals surface area (Å²) in [6.07, 6.45) is 0.660. The maximum Gasteiger partial charge on any atom is 0.244 e. The molecule has 0 amide bonds. The van der Waals surface area contributed by atoms with E-state index in [4.69, 9.17) is 21.6 Å².